The van der Waals surface area contributed by atoms with Crippen molar-refractivity contribution >= 4 is 11.6 Å². The molecule has 0 saturated carbocycles. The molecule has 1 aliphatic rings. The highest BCUT2D eigenvalue weighted by molar-refractivity contribution is 5.94. The number of hydrazine groups is 1. The molecule has 1 amide bonds. The van der Waals surface area contributed by atoms with E-state index in [1.807, 2.05) is 24.3 Å². The van der Waals surface area contributed by atoms with E-state index < -0.39 is 0 Å². The van der Waals surface area contributed by atoms with Gasteiger partial charge in [0, 0.05) is 12.5 Å². The third kappa shape index (κ3) is 2.02. The summed E-state index contributed by atoms with van der Waals surface area (Å²) in [6.07, 6.45) is 1.53. The molecule has 16 heavy (non-hydrogen) atoms. The van der Waals surface area contributed by atoms with Crippen molar-refractivity contribution < 1.29 is 9.53 Å². The van der Waals surface area contributed by atoms with Gasteiger partial charge in [0.05, 0.1) is 12.8 Å². The summed E-state index contributed by atoms with van der Waals surface area (Å²) in [5, 5.41) is 1.62. The van der Waals surface area contributed by atoms with Crippen LogP contribution in [0.15, 0.2) is 24.3 Å². The summed E-state index contributed by atoms with van der Waals surface area (Å²) in [6.45, 7) is 2.07. The van der Waals surface area contributed by atoms with Crippen LogP contribution < -0.4 is 15.2 Å². The van der Waals surface area contributed by atoms with Gasteiger partial charge in [-0.25, -0.2) is 10.4 Å². The molecule has 4 heteroatoms. The van der Waals surface area contributed by atoms with Crippen molar-refractivity contribution in [2.45, 2.75) is 25.8 Å². The second-order valence-corrected chi connectivity index (χ2v) is 3.87. The number of nitrogens with zero attached hydrogens (tertiary/aromatic N) is 1. The average molecular weight is 220 g/mol. The van der Waals surface area contributed by atoms with Gasteiger partial charge in [-0.3, -0.25) is 4.79 Å². The standard InChI is InChI=1S/C12H16N2O2/c1-3-9-8-12(15)14(13-9)10-4-6-11(16-2)7-5-10/h4-7,9,13H,3,8H2,1-2H3. The molecule has 0 aromatic heterocycles. The largest absolute Gasteiger partial charge is 0.497 e. The molecule has 1 saturated heterocycles. The van der Waals surface area contributed by atoms with E-state index in [1.54, 1.807) is 12.1 Å². The van der Waals surface area contributed by atoms with Crippen LogP contribution in [-0.4, -0.2) is 19.1 Å². The van der Waals surface area contributed by atoms with E-state index in [0.717, 1.165) is 17.9 Å². The first kappa shape index (κ1) is 11.0. The molecule has 1 aromatic rings. The molecule has 0 bridgehead atoms. The predicted octanol–water partition coefficient (Wildman–Crippen LogP) is 1.72. The lowest BCUT2D eigenvalue weighted by atomic mass is 10.2. The lowest BCUT2D eigenvalue weighted by Gasteiger charge is -2.17. The van der Waals surface area contributed by atoms with E-state index in [1.165, 1.54) is 0 Å². The lowest BCUT2D eigenvalue weighted by Crippen LogP contribution is -2.37. The van der Waals surface area contributed by atoms with Crippen LogP contribution in [0.3, 0.4) is 0 Å². The van der Waals surface area contributed by atoms with Gasteiger partial charge in [-0.05, 0) is 30.7 Å². The Balaban J connectivity index is 2.15. The summed E-state index contributed by atoms with van der Waals surface area (Å²) in [4.78, 5) is 11.7. The van der Waals surface area contributed by atoms with Gasteiger partial charge in [-0.1, -0.05) is 6.92 Å². The van der Waals surface area contributed by atoms with E-state index in [2.05, 4.69) is 12.3 Å². The first-order valence-corrected chi connectivity index (χ1v) is 5.47. The molecule has 1 unspecified atom stereocenters. The van der Waals surface area contributed by atoms with Crippen LogP contribution in [0.5, 0.6) is 5.75 Å². The fraction of sp³-hybridized carbons (Fsp3) is 0.417. The van der Waals surface area contributed by atoms with Crippen molar-refractivity contribution in [3.8, 4) is 5.75 Å². The third-order valence-electron chi connectivity index (χ3n) is 2.81. The first-order valence-electron chi connectivity index (χ1n) is 5.47. The fourth-order valence-corrected chi connectivity index (χ4v) is 1.79. The molecular formula is C12H16N2O2. The summed E-state index contributed by atoms with van der Waals surface area (Å²) < 4.78 is 5.08. The van der Waals surface area contributed by atoms with Crippen molar-refractivity contribution in [2.75, 3.05) is 12.1 Å². The zero-order valence-corrected chi connectivity index (χ0v) is 9.56. The molecule has 0 aliphatic carbocycles. The van der Waals surface area contributed by atoms with E-state index in [-0.39, 0.29) is 11.9 Å². The average Bonchev–Trinajstić information content (AvgIpc) is 2.71. The number of rotatable bonds is 3. The van der Waals surface area contributed by atoms with Crippen LogP contribution in [-0.2, 0) is 4.79 Å². The Hall–Kier alpha value is -1.55. The number of ether oxygens (including phenoxy) is 1. The van der Waals surface area contributed by atoms with Crippen molar-refractivity contribution in [1.29, 1.82) is 0 Å². The number of anilines is 1. The Morgan fingerprint density at radius 3 is 2.62 bits per heavy atom. The van der Waals surface area contributed by atoms with Gasteiger partial charge < -0.3 is 4.74 Å². The maximum Gasteiger partial charge on any atom is 0.243 e. The molecule has 86 valence electrons. The Morgan fingerprint density at radius 2 is 2.12 bits per heavy atom. The number of carbonyl (C=O) groups excluding carboxylic acids is 1. The van der Waals surface area contributed by atoms with Crippen LogP contribution in [0.2, 0.25) is 0 Å². The Kier molecular flexibility index (Phi) is 3.10. The highest BCUT2D eigenvalue weighted by Gasteiger charge is 2.28. The normalized spacial score (nSPS) is 20.2. The van der Waals surface area contributed by atoms with Gasteiger partial charge in [-0.15, -0.1) is 0 Å². The van der Waals surface area contributed by atoms with Gasteiger partial charge in [-0.2, -0.15) is 0 Å². The SMILES string of the molecule is CCC1CC(=O)N(c2ccc(OC)cc2)N1. The molecule has 1 fully saturated rings. The number of methoxy groups -OCH3 is 1. The zero-order valence-electron chi connectivity index (χ0n) is 9.56. The topological polar surface area (TPSA) is 41.6 Å². The Labute approximate surface area is 95.2 Å². The molecule has 1 N–H and O–H groups in total. The molecule has 0 radical (unpaired) electrons. The van der Waals surface area contributed by atoms with Crippen LogP contribution in [0, 0.1) is 0 Å². The van der Waals surface area contributed by atoms with E-state index in [4.69, 9.17) is 4.74 Å². The van der Waals surface area contributed by atoms with Crippen LogP contribution in [0.1, 0.15) is 19.8 Å². The van der Waals surface area contributed by atoms with E-state index in [0.29, 0.717) is 6.42 Å². The number of hydrogen-bond acceptors (Lipinski definition) is 3. The van der Waals surface area contributed by atoms with E-state index in [9.17, 15) is 4.79 Å². The fourth-order valence-electron chi connectivity index (χ4n) is 1.79. The summed E-state index contributed by atoms with van der Waals surface area (Å²) in [7, 11) is 1.63. The minimum atomic E-state index is 0.122. The van der Waals surface area contributed by atoms with Crippen molar-refractivity contribution in [3.05, 3.63) is 24.3 Å². The number of nitrogens with one attached hydrogen (secondary N) is 1. The molecule has 2 rings (SSSR count). The lowest BCUT2D eigenvalue weighted by molar-refractivity contribution is -0.117. The second kappa shape index (κ2) is 4.53. The van der Waals surface area contributed by atoms with Crippen LogP contribution in [0.25, 0.3) is 0 Å². The summed E-state index contributed by atoms with van der Waals surface area (Å²) in [5.41, 5.74) is 4.05. The Bertz CT molecular complexity index is 375. The Morgan fingerprint density at radius 1 is 1.44 bits per heavy atom. The van der Waals surface area contributed by atoms with Crippen molar-refractivity contribution in [3.63, 3.8) is 0 Å². The quantitative estimate of drug-likeness (QED) is 0.843. The minimum absolute atomic E-state index is 0.122. The maximum atomic E-state index is 11.7. The number of benzene rings is 1. The predicted molar refractivity (Wildman–Crippen MR) is 62.3 cm³/mol. The van der Waals surface area contributed by atoms with Crippen LogP contribution in [0.4, 0.5) is 5.69 Å². The number of carbonyl (C=O) groups is 1. The smallest absolute Gasteiger partial charge is 0.243 e. The molecule has 1 aliphatic heterocycles. The highest BCUT2D eigenvalue weighted by Crippen LogP contribution is 2.22. The summed E-state index contributed by atoms with van der Waals surface area (Å²) in [6, 6.07) is 7.71. The maximum absolute atomic E-state index is 11.7. The first-order chi connectivity index (χ1) is 7.74. The summed E-state index contributed by atoms with van der Waals surface area (Å²) in [5.74, 6) is 0.916. The molecule has 1 atom stereocenters. The highest BCUT2D eigenvalue weighted by atomic mass is 16.5. The third-order valence-corrected chi connectivity index (χ3v) is 2.81. The van der Waals surface area contributed by atoms with Gasteiger partial charge in [0.2, 0.25) is 5.91 Å². The monoisotopic (exact) mass is 220 g/mol. The van der Waals surface area contributed by atoms with Gasteiger partial charge in [0.25, 0.3) is 0 Å². The zero-order chi connectivity index (χ0) is 11.5. The molecule has 1 aromatic carbocycles. The molecular weight excluding hydrogens is 204 g/mol. The van der Waals surface area contributed by atoms with Crippen molar-refractivity contribution in [2.24, 2.45) is 0 Å². The van der Waals surface area contributed by atoms with Gasteiger partial charge in [0.15, 0.2) is 0 Å². The van der Waals surface area contributed by atoms with Gasteiger partial charge >= 0.3 is 0 Å². The second-order valence-electron chi connectivity index (χ2n) is 3.87. The number of amides is 1. The van der Waals surface area contributed by atoms with Crippen molar-refractivity contribution in [1.82, 2.24) is 5.43 Å². The minimum Gasteiger partial charge on any atom is -0.497 e. The molecule has 1 heterocycles. The molecule has 4 nitrogen and oxygen atoms in total. The number of hydrogen-bond donors (Lipinski definition) is 1. The van der Waals surface area contributed by atoms with E-state index >= 15 is 0 Å². The van der Waals surface area contributed by atoms with Crippen LogP contribution >= 0.6 is 0 Å². The summed E-state index contributed by atoms with van der Waals surface area (Å²) >= 11 is 0. The van der Waals surface area contributed by atoms with Gasteiger partial charge in [0.1, 0.15) is 5.75 Å². The molecule has 0 spiro atoms.